The molecule has 0 amide bonds. The molecular weight excluding hydrogens is 166 g/mol. The fourth-order valence-electron chi connectivity index (χ4n) is 1.65. The molecule has 0 aromatic carbocycles. The molecule has 0 aromatic rings. The van der Waals surface area contributed by atoms with Gasteiger partial charge in [0, 0.05) is 5.54 Å². The summed E-state index contributed by atoms with van der Waals surface area (Å²) in [5, 5.41) is 0. The third-order valence-electron chi connectivity index (χ3n) is 2.77. The first-order valence-corrected chi connectivity index (χ1v) is 6.28. The number of hydrogen-bond acceptors (Lipinski definition) is 2. The zero-order valence-corrected chi connectivity index (χ0v) is 9.71. The molecule has 1 nitrogen and oxygen atoms in total. The Morgan fingerprint density at radius 2 is 2.00 bits per heavy atom. The Balaban J connectivity index is 4.08. The molecule has 0 heterocycles. The van der Waals surface area contributed by atoms with Crippen LogP contribution in [0.5, 0.6) is 0 Å². The standard InChI is InChI=1S/C10H23NS/c1-5-7-10(11,6-2)9(3)8-12-4/h9H,5-8,11H2,1-4H3. The molecule has 2 atom stereocenters. The minimum Gasteiger partial charge on any atom is -0.325 e. The Hall–Kier alpha value is 0.310. The largest absolute Gasteiger partial charge is 0.325 e. The highest BCUT2D eigenvalue weighted by molar-refractivity contribution is 7.98. The van der Waals surface area contributed by atoms with E-state index in [1.165, 1.54) is 12.2 Å². The highest BCUT2D eigenvalue weighted by Gasteiger charge is 2.28. The van der Waals surface area contributed by atoms with Crippen LogP contribution in [-0.4, -0.2) is 17.5 Å². The molecule has 2 unspecified atom stereocenters. The molecule has 0 aliphatic rings. The first-order valence-electron chi connectivity index (χ1n) is 4.88. The maximum atomic E-state index is 6.32. The van der Waals surface area contributed by atoms with Crippen LogP contribution >= 0.6 is 11.8 Å². The lowest BCUT2D eigenvalue weighted by Gasteiger charge is -2.34. The Kier molecular flexibility index (Phi) is 6.02. The van der Waals surface area contributed by atoms with E-state index < -0.39 is 0 Å². The predicted molar refractivity (Wildman–Crippen MR) is 59.7 cm³/mol. The second-order valence-corrected chi connectivity index (χ2v) is 4.60. The monoisotopic (exact) mass is 189 g/mol. The first kappa shape index (κ1) is 12.3. The molecule has 0 radical (unpaired) electrons. The molecule has 0 rings (SSSR count). The van der Waals surface area contributed by atoms with E-state index in [1.807, 2.05) is 11.8 Å². The summed E-state index contributed by atoms with van der Waals surface area (Å²) >= 11 is 1.90. The molecule has 0 aromatic heterocycles. The van der Waals surface area contributed by atoms with Gasteiger partial charge in [0.2, 0.25) is 0 Å². The second kappa shape index (κ2) is 5.87. The zero-order chi connectivity index (χ0) is 9.61. The van der Waals surface area contributed by atoms with Crippen LogP contribution in [0.4, 0.5) is 0 Å². The highest BCUT2D eigenvalue weighted by Crippen LogP contribution is 2.26. The second-order valence-electron chi connectivity index (χ2n) is 3.69. The number of thioether (sulfide) groups is 1. The summed E-state index contributed by atoms with van der Waals surface area (Å²) in [7, 11) is 0. The van der Waals surface area contributed by atoms with Gasteiger partial charge in [-0.1, -0.05) is 27.2 Å². The van der Waals surface area contributed by atoms with E-state index in [9.17, 15) is 0 Å². The van der Waals surface area contributed by atoms with Gasteiger partial charge < -0.3 is 5.73 Å². The van der Waals surface area contributed by atoms with Crippen LogP contribution < -0.4 is 5.73 Å². The van der Waals surface area contributed by atoms with E-state index in [2.05, 4.69) is 27.0 Å². The van der Waals surface area contributed by atoms with Gasteiger partial charge >= 0.3 is 0 Å². The van der Waals surface area contributed by atoms with Crippen LogP contribution in [-0.2, 0) is 0 Å². The molecule has 74 valence electrons. The Bertz CT molecular complexity index is 116. The van der Waals surface area contributed by atoms with E-state index in [4.69, 9.17) is 5.73 Å². The number of rotatable bonds is 6. The minimum absolute atomic E-state index is 0.0811. The molecular formula is C10H23NS. The van der Waals surface area contributed by atoms with E-state index >= 15 is 0 Å². The average Bonchev–Trinajstić information content (AvgIpc) is 2.05. The van der Waals surface area contributed by atoms with Crippen LogP contribution in [0.2, 0.25) is 0 Å². The summed E-state index contributed by atoms with van der Waals surface area (Å²) in [5.41, 5.74) is 6.41. The third-order valence-corrected chi connectivity index (χ3v) is 3.61. The molecule has 0 saturated heterocycles. The van der Waals surface area contributed by atoms with Crippen LogP contribution in [0.15, 0.2) is 0 Å². The normalized spacial score (nSPS) is 18.8. The zero-order valence-electron chi connectivity index (χ0n) is 8.89. The van der Waals surface area contributed by atoms with Crippen molar-refractivity contribution < 1.29 is 0 Å². The molecule has 2 heteroatoms. The van der Waals surface area contributed by atoms with E-state index in [-0.39, 0.29) is 5.54 Å². The lowest BCUT2D eigenvalue weighted by Crippen LogP contribution is -2.46. The fourth-order valence-corrected chi connectivity index (χ4v) is 2.48. The molecule has 0 fully saturated rings. The first-order chi connectivity index (χ1) is 5.60. The lowest BCUT2D eigenvalue weighted by molar-refractivity contribution is 0.280. The maximum absolute atomic E-state index is 6.32. The highest BCUT2D eigenvalue weighted by atomic mass is 32.2. The van der Waals surface area contributed by atoms with Gasteiger partial charge in [0.15, 0.2) is 0 Å². The van der Waals surface area contributed by atoms with E-state index in [0.717, 1.165) is 12.8 Å². The molecule has 0 saturated carbocycles. The Morgan fingerprint density at radius 1 is 1.42 bits per heavy atom. The molecule has 0 aliphatic carbocycles. The molecule has 0 bridgehead atoms. The van der Waals surface area contributed by atoms with Crippen molar-refractivity contribution in [1.29, 1.82) is 0 Å². The van der Waals surface area contributed by atoms with E-state index in [0.29, 0.717) is 5.92 Å². The van der Waals surface area contributed by atoms with Crippen LogP contribution in [0.25, 0.3) is 0 Å². The summed E-state index contributed by atoms with van der Waals surface area (Å²) in [4.78, 5) is 0. The van der Waals surface area contributed by atoms with Crippen molar-refractivity contribution in [3.63, 3.8) is 0 Å². The van der Waals surface area contributed by atoms with E-state index in [1.54, 1.807) is 0 Å². The summed E-state index contributed by atoms with van der Waals surface area (Å²) in [6, 6.07) is 0. The fraction of sp³-hybridized carbons (Fsp3) is 1.00. The van der Waals surface area contributed by atoms with Gasteiger partial charge in [-0.2, -0.15) is 11.8 Å². The Labute approximate surface area is 81.5 Å². The van der Waals surface area contributed by atoms with Crippen LogP contribution in [0, 0.1) is 5.92 Å². The van der Waals surface area contributed by atoms with Gasteiger partial charge in [-0.3, -0.25) is 0 Å². The van der Waals surface area contributed by atoms with Crippen molar-refractivity contribution in [2.75, 3.05) is 12.0 Å². The van der Waals surface area contributed by atoms with Crippen molar-refractivity contribution in [2.45, 2.75) is 45.6 Å². The maximum Gasteiger partial charge on any atom is 0.0185 e. The van der Waals surface area contributed by atoms with Crippen LogP contribution in [0.1, 0.15) is 40.0 Å². The van der Waals surface area contributed by atoms with Gasteiger partial charge in [0.05, 0.1) is 0 Å². The smallest absolute Gasteiger partial charge is 0.0185 e. The number of nitrogens with two attached hydrogens (primary N) is 1. The summed E-state index contributed by atoms with van der Waals surface area (Å²) in [6.45, 7) is 6.69. The average molecular weight is 189 g/mol. The van der Waals surface area contributed by atoms with Crippen molar-refractivity contribution in [3.8, 4) is 0 Å². The van der Waals surface area contributed by atoms with Crippen molar-refractivity contribution in [1.82, 2.24) is 0 Å². The third kappa shape index (κ3) is 3.36. The lowest BCUT2D eigenvalue weighted by atomic mass is 9.81. The van der Waals surface area contributed by atoms with Crippen molar-refractivity contribution in [3.05, 3.63) is 0 Å². The summed E-state index contributed by atoms with van der Waals surface area (Å²) < 4.78 is 0. The van der Waals surface area contributed by atoms with Crippen molar-refractivity contribution >= 4 is 11.8 Å². The van der Waals surface area contributed by atoms with Gasteiger partial charge in [-0.15, -0.1) is 0 Å². The summed E-state index contributed by atoms with van der Waals surface area (Å²) in [6.07, 6.45) is 5.61. The quantitative estimate of drug-likeness (QED) is 0.695. The Morgan fingerprint density at radius 3 is 2.33 bits per heavy atom. The topological polar surface area (TPSA) is 26.0 Å². The van der Waals surface area contributed by atoms with Gasteiger partial charge in [-0.05, 0) is 30.8 Å². The van der Waals surface area contributed by atoms with Crippen LogP contribution in [0.3, 0.4) is 0 Å². The molecule has 0 aliphatic heterocycles. The van der Waals surface area contributed by atoms with Gasteiger partial charge in [-0.25, -0.2) is 0 Å². The van der Waals surface area contributed by atoms with Gasteiger partial charge in [0.25, 0.3) is 0 Å². The predicted octanol–water partition coefficient (Wildman–Crippen LogP) is 2.89. The van der Waals surface area contributed by atoms with Gasteiger partial charge in [0.1, 0.15) is 0 Å². The molecule has 12 heavy (non-hydrogen) atoms. The molecule has 0 spiro atoms. The SMILES string of the molecule is CCCC(N)(CC)C(C)CSC. The summed E-state index contributed by atoms with van der Waals surface area (Å²) in [5.74, 6) is 1.82. The minimum atomic E-state index is 0.0811. The molecule has 2 N–H and O–H groups in total. The van der Waals surface area contributed by atoms with Crippen molar-refractivity contribution in [2.24, 2.45) is 11.7 Å². The number of hydrogen-bond donors (Lipinski definition) is 1.